The predicted molar refractivity (Wildman–Crippen MR) is 135 cm³/mol. The van der Waals surface area contributed by atoms with Crippen molar-refractivity contribution in [3.8, 4) is 34.0 Å². The summed E-state index contributed by atoms with van der Waals surface area (Å²) in [5.41, 5.74) is 8.01. The van der Waals surface area contributed by atoms with Crippen LogP contribution in [0.2, 0.25) is 0 Å². The number of para-hydroxylation sites is 1. The highest BCUT2D eigenvalue weighted by atomic mass is 16.3. The molecule has 34 heavy (non-hydrogen) atoms. The van der Waals surface area contributed by atoms with Gasteiger partial charge in [-0.1, -0.05) is 54.6 Å². The fraction of sp³-hybridized carbons (Fsp3) is 0.103. The molecule has 1 atom stereocenters. The van der Waals surface area contributed by atoms with Crippen LogP contribution in [0.3, 0.4) is 0 Å². The lowest BCUT2D eigenvalue weighted by Gasteiger charge is -2.26. The number of hydrogen-bond donors (Lipinski definition) is 4. The number of nitrogens with one attached hydrogen (secondary N) is 2. The van der Waals surface area contributed by atoms with Crippen LogP contribution in [0.5, 0.6) is 11.8 Å². The molecular formula is C29H23N3O2. The van der Waals surface area contributed by atoms with Crippen molar-refractivity contribution in [3.63, 3.8) is 0 Å². The molecular weight excluding hydrogens is 422 g/mol. The molecule has 0 radical (unpaired) electrons. The highest BCUT2D eigenvalue weighted by Crippen LogP contribution is 2.48. The first kappa shape index (κ1) is 19.1. The number of aromatic amines is 2. The average Bonchev–Trinajstić information content (AvgIpc) is 3.56. The summed E-state index contributed by atoms with van der Waals surface area (Å²) in [7, 11) is 0. The minimum atomic E-state index is -0.0817. The van der Waals surface area contributed by atoms with Crippen LogP contribution in [0.1, 0.15) is 23.6 Å². The van der Waals surface area contributed by atoms with Gasteiger partial charge in [0, 0.05) is 34.4 Å². The number of rotatable bonds is 3. The number of aromatic hydroxyl groups is 2. The van der Waals surface area contributed by atoms with Gasteiger partial charge in [-0.3, -0.25) is 4.98 Å². The monoisotopic (exact) mass is 445 g/mol. The van der Waals surface area contributed by atoms with E-state index >= 15 is 0 Å². The first-order valence-electron chi connectivity index (χ1n) is 11.6. The molecule has 3 aromatic carbocycles. The first-order valence-corrected chi connectivity index (χ1v) is 11.6. The van der Waals surface area contributed by atoms with E-state index in [1.165, 1.54) is 16.5 Å². The van der Waals surface area contributed by atoms with E-state index in [-0.39, 0.29) is 17.8 Å². The van der Waals surface area contributed by atoms with E-state index in [0.717, 1.165) is 46.0 Å². The van der Waals surface area contributed by atoms with Gasteiger partial charge in [0.1, 0.15) is 0 Å². The summed E-state index contributed by atoms with van der Waals surface area (Å²) in [6.45, 7) is 0. The summed E-state index contributed by atoms with van der Waals surface area (Å²) >= 11 is 0. The maximum absolute atomic E-state index is 11.0. The topological polar surface area (TPSA) is 77.0 Å². The molecule has 166 valence electrons. The second kappa shape index (κ2) is 7.06. The normalized spacial score (nSPS) is 15.4. The zero-order chi connectivity index (χ0) is 22.8. The number of aromatic nitrogens is 3. The maximum Gasteiger partial charge on any atom is 0.199 e. The Kier molecular flexibility index (Phi) is 3.97. The predicted octanol–water partition coefficient (Wildman–Crippen LogP) is 6.73. The molecule has 5 heteroatoms. The van der Waals surface area contributed by atoms with Gasteiger partial charge < -0.3 is 19.8 Å². The van der Waals surface area contributed by atoms with Crippen LogP contribution in [-0.2, 0) is 6.42 Å². The Hall–Kier alpha value is -4.38. The van der Waals surface area contributed by atoms with Crippen molar-refractivity contribution in [2.75, 3.05) is 0 Å². The summed E-state index contributed by atoms with van der Waals surface area (Å²) in [5.74, 6) is 0.00747. The molecule has 4 N–H and O–H groups in total. The van der Waals surface area contributed by atoms with E-state index < -0.39 is 0 Å². The Bertz CT molecular complexity index is 1690. The van der Waals surface area contributed by atoms with Crippen molar-refractivity contribution in [2.45, 2.75) is 18.9 Å². The van der Waals surface area contributed by atoms with Gasteiger partial charge in [-0.25, -0.2) is 0 Å². The van der Waals surface area contributed by atoms with Crippen LogP contribution in [-0.4, -0.2) is 24.7 Å². The minimum absolute atomic E-state index is 0.0132. The molecule has 0 aliphatic carbocycles. The van der Waals surface area contributed by atoms with Gasteiger partial charge in [-0.05, 0) is 53.1 Å². The maximum atomic E-state index is 11.0. The Labute approximate surface area is 195 Å². The lowest BCUT2D eigenvalue weighted by atomic mass is 9.90. The highest BCUT2D eigenvalue weighted by Gasteiger charge is 2.31. The average molecular weight is 446 g/mol. The van der Waals surface area contributed by atoms with Gasteiger partial charge >= 0.3 is 0 Å². The lowest BCUT2D eigenvalue weighted by Crippen LogP contribution is -2.16. The summed E-state index contributed by atoms with van der Waals surface area (Å²) < 4.78 is 2.24. The molecule has 7 rings (SSSR count). The number of H-pyrrole nitrogens is 2. The van der Waals surface area contributed by atoms with Gasteiger partial charge in [0.25, 0.3) is 0 Å². The molecule has 0 bridgehead atoms. The van der Waals surface area contributed by atoms with Crippen LogP contribution in [0, 0.1) is 0 Å². The summed E-state index contributed by atoms with van der Waals surface area (Å²) in [4.78, 5) is 6.15. The van der Waals surface area contributed by atoms with Crippen LogP contribution in [0.15, 0.2) is 85.2 Å². The van der Waals surface area contributed by atoms with Gasteiger partial charge in [0.15, 0.2) is 11.8 Å². The molecule has 4 heterocycles. The molecule has 0 fully saturated rings. The number of nitrogens with zero attached hydrogens (tertiary/aromatic N) is 1. The Morgan fingerprint density at radius 3 is 2.62 bits per heavy atom. The highest BCUT2D eigenvalue weighted by molar-refractivity contribution is 6.00. The van der Waals surface area contributed by atoms with Crippen molar-refractivity contribution >= 4 is 21.8 Å². The van der Waals surface area contributed by atoms with Crippen molar-refractivity contribution in [2.24, 2.45) is 0 Å². The zero-order valence-corrected chi connectivity index (χ0v) is 18.4. The molecule has 0 spiro atoms. The summed E-state index contributed by atoms with van der Waals surface area (Å²) in [6.07, 6.45) is 5.78. The third-order valence-electron chi connectivity index (χ3n) is 7.24. The van der Waals surface area contributed by atoms with E-state index in [0.29, 0.717) is 5.56 Å². The fourth-order valence-corrected chi connectivity index (χ4v) is 5.69. The smallest absolute Gasteiger partial charge is 0.199 e. The van der Waals surface area contributed by atoms with E-state index in [1.807, 2.05) is 24.4 Å². The van der Waals surface area contributed by atoms with Crippen LogP contribution in [0.25, 0.3) is 44.1 Å². The lowest BCUT2D eigenvalue weighted by molar-refractivity contribution is 0.416. The minimum Gasteiger partial charge on any atom is -0.494 e. The number of benzene rings is 3. The summed E-state index contributed by atoms with van der Waals surface area (Å²) in [5, 5.41) is 24.1. The molecule has 0 saturated heterocycles. The number of hydrogen-bond acceptors (Lipinski definition) is 2. The summed E-state index contributed by atoms with van der Waals surface area (Å²) in [6, 6.07) is 25.0. The van der Waals surface area contributed by atoms with Crippen LogP contribution < -0.4 is 0 Å². The van der Waals surface area contributed by atoms with Gasteiger partial charge in [0.2, 0.25) is 0 Å². The SMILES string of the molecule is Oc1[nH]c(O)c(C2CCc3cccc4ccn2c34)c1-c1c[nH]c2ccc(-c3ccccc3)cc12. The number of fused-ring (bicyclic) bond motifs is 1. The van der Waals surface area contributed by atoms with Crippen molar-refractivity contribution in [3.05, 3.63) is 96.3 Å². The molecule has 1 unspecified atom stereocenters. The van der Waals surface area contributed by atoms with Crippen molar-refractivity contribution in [1.29, 1.82) is 0 Å². The molecule has 5 nitrogen and oxygen atoms in total. The number of aryl methyl sites for hydroxylation is 1. The molecule has 6 aromatic rings. The largest absolute Gasteiger partial charge is 0.494 e. The second-order valence-electron chi connectivity index (χ2n) is 9.07. The van der Waals surface area contributed by atoms with Crippen molar-refractivity contribution < 1.29 is 10.2 Å². The van der Waals surface area contributed by atoms with Gasteiger partial charge in [0.05, 0.1) is 17.1 Å². The third kappa shape index (κ3) is 2.67. The second-order valence-corrected chi connectivity index (χ2v) is 9.07. The van der Waals surface area contributed by atoms with Crippen LogP contribution in [0.4, 0.5) is 0 Å². The van der Waals surface area contributed by atoms with E-state index in [9.17, 15) is 10.2 Å². The Morgan fingerprint density at radius 1 is 0.853 bits per heavy atom. The Balaban J connectivity index is 1.44. The third-order valence-corrected chi connectivity index (χ3v) is 7.24. The van der Waals surface area contributed by atoms with Gasteiger partial charge in [-0.15, -0.1) is 0 Å². The Morgan fingerprint density at radius 2 is 1.74 bits per heavy atom. The molecule has 0 amide bonds. The molecule has 1 aliphatic rings. The quantitative estimate of drug-likeness (QED) is 0.244. The standard InChI is InChI=1S/C29H23N3O2/c33-28-25(22-16-30-23-11-9-20(15-21(22)23)17-5-2-1-3-6-17)26(29(34)31-28)24-12-10-18-7-4-8-19-13-14-32(24)27(18)19/h1-9,11,13-16,24,30-31,33-34H,10,12H2. The molecule has 0 saturated carbocycles. The van der Waals surface area contributed by atoms with Crippen LogP contribution >= 0.6 is 0 Å². The van der Waals surface area contributed by atoms with Crippen molar-refractivity contribution in [1.82, 2.24) is 14.5 Å². The fourth-order valence-electron chi connectivity index (χ4n) is 5.69. The van der Waals surface area contributed by atoms with Gasteiger partial charge in [-0.2, -0.15) is 0 Å². The van der Waals surface area contributed by atoms with E-state index in [2.05, 4.69) is 75.3 Å². The van der Waals surface area contributed by atoms with E-state index in [4.69, 9.17) is 0 Å². The first-order chi connectivity index (χ1) is 16.7. The van der Waals surface area contributed by atoms with E-state index in [1.54, 1.807) is 0 Å². The molecule has 3 aromatic heterocycles. The zero-order valence-electron chi connectivity index (χ0n) is 18.4. The molecule has 1 aliphatic heterocycles.